The van der Waals surface area contributed by atoms with Crippen LogP contribution in [-0.4, -0.2) is 9.55 Å². The first-order valence-corrected chi connectivity index (χ1v) is 4.02. The predicted molar refractivity (Wildman–Crippen MR) is 46.6 cm³/mol. The van der Waals surface area contributed by atoms with Crippen LogP contribution in [0.1, 0.15) is 13.3 Å². The third-order valence-electron chi connectivity index (χ3n) is 1.43. The Bertz CT molecular complexity index is 380. The molecule has 0 aliphatic heterocycles. The zero-order valence-electron chi connectivity index (χ0n) is 6.63. The number of aryl methyl sites for hydroxylation is 1. The van der Waals surface area contributed by atoms with Crippen molar-refractivity contribution in [2.45, 2.75) is 19.9 Å². The van der Waals surface area contributed by atoms with Crippen LogP contribution in [0, 0.1) is 0 Å². The molecule has 5 heteroatoms. The minimum Gasteiger partial charge on any atom is -0.299 e. The van der Waals surface area contributed by atoms with E-state index in [1.165, 1.54) is 10.8 Å². The van der Waals surface area contributed by atoms with Crippen LogP contribution in [0.15, 0.2) is 15.8 Å². The van der Waals surface area contributed by atoms with Gasteiger partial charge in [0.1, 0.15) is 5.02 Å². The van der Waals surface area contributed by atoms with E-state index in [1.54, 1.807) is 0 Å². The molecule has 0 fully saturated rings. The van der Waals surface area contributed by atoms with E-state index in [1.807, 2.05) is 6.92 Å². The average Bonchev–Trinajstić information content (AvgIpc) is 2.01. The van der Waals surface area contributed by atoms with E-state index in [4.69, 9.17) is 11.6 Å². The first-order chi connectivity index (χ1) is 5.65. The van der Waals surface area contributed by atoms with E-state index in [0.717, 1.165) is 6.42 Å². The summed E-state index contributed by atoms with van der Waals surface area (Å²) in [7, 11) is 0. The molecule has 4 nitrogen and oxygen atoms in total. The molecule has 0 aliphatic rings. The molecule has 1 heterocycles. The third-order valence-corrected chi connectivity index (χ3v) is 1.70. The highest BCUT2D eigenvalue weighted by Gasteiger charge is 1.99. The minimum absolute atomic E-state index is 0.0445. The van der Waals surface area contributed by atoms with Crippen molar-refractivity contribution in [3.8, 4) is 0 Å². The molecule has 0 aliphatic carbocycles. The number of H-pyrrole nitrogens is 1. The molecule has 12 heavy (non-hydrogen) atoms. The second-order valence-electron chi connectivity index (χ2n) is 2.43. The van der Waals surface area contributed by atoms with Gasteiger partial charge in [-0.05, 0) is 6.42 Å². The zero-order valence-corrected chi connectivity index (χ0v) is 7.39. The molecule has 0 amide bonds. The normalized spacial score (nSPS) is 10.2. The quantitative estimate of drug-likeness (QED) is 0.739. The summed E-state index contributed by atoms with van der Waals surface area (Å²) in [5.74, 6) is 0. The smallest absolute Gasteiger partial charge is 0.299 e. The molecule has 1 aromatic heterocycles. The van der Waals surface area contributed by atoms with Gasteiger partial charge in [0.25, 0.3) is 5.56 Å². The molecule has 0 radical (unpaired) electrons. The number of hydrogen-bond donors (Lipinski definition) is 1. The Morgan fingerprint density at radius 3 is 2.83 bits per heavy atom. The summed E-state index contributed by atoms with van der Waals surface area (Å²) in [4.78, 5) is 23.9. The topological polar surface area (TPSA) is 54.9 Å². The molecule has 1 aromatic rings. The van der Waals surface area contributed by atoms with Crippen molar-refractivity contribution < 1.29 is 0 Å². The summed E-state index contributed by atoms with van der Waals surface area (Å²) in [5, 5.41) is 0.0445. The van der Waals surface area contributed by atoms with Gasteiger partial charge in [0, 0.05) is 12.7 Å². The molecule has 0 bridgehead atoms. The summed E-state index contributed by atoms with van der Waals surface area (Å²) in [6, 6.07) is 0. The van der Waals surface area contributed by atoms with Gasteiger partial charge in [-0.15, -0.1) is 0 Å². The third kappa shape index (κ3) is 1.76. The highest BCUT2D eigenvalue weighted by molar-refractivity contribution is 6.30. The van der Waals surface area contributed by atoms with Crippen LogP contribution in [-0.2, 0) is 6.54 Å². The fourth-order valence-corrected chi connectivity index (χ4v) is 1.05. The summed E-state index contributed by atoms with van der Waals surface area (Å²) in [5.41, 5.74) is -0.944. The van der Waals surface area contributed by atoms with E-state index in [-0.39, 0.29) is 5.02 Å². The van der Waals surface area contributed by atoms with Crippen LogP contribution >= 0.6 is 11.6 Å². The maximum atomic E-state index is 11.0. The molecule has 0 aromatic carbocycles. The molecule has 0 unspecified atom stereocenters. The number of aromatic amines is 1. The van der Waals surface area contributed by atoms with E-state index >= 15 is 0 Å². The lowest BCUT2D eigenvalue weighted by Gasteiger charge is -2.01. The Hall–Kier alpha value is -1.03. The molecule has 0 atom stereocenters. The molecule has 1 rings (SSSR count). The molecular formula is C7H9ClN2O2. The van der Waals surface area contributed by atoms with Crippen LogP contribution in [0.4, 0.5) is 0 Å². The highest BCUT2D eigenvalue weighted by Crippen LogP contribution is 1.95. The summed E-state index contributed by atoms with van der Waals surface area (Å²) >= 11 is 5.52. The summed E-state index contributed by atoms with van der Waals surface area (Å²) in [6.07, 6.45) is 2.18. The summed E-state index contributed by atoms with van der Waals surface area (Å²) < 4.78 is 1.38. The molecular weight excluding hydrogens is 180 g/mol. The lowest BCUT2D eigenvalue weighted by atomic mass is 10.5. The van der Waals surface area contributed by atoms with Gasteiger partial charge in [0.2, 0.25) is 0 Å². The Balaban J connectivity index is 3.24. The van der Waals surface area contributed by atoms with Crippen molar-refractivity contribution in [2.24, 2.45) is 0 Å². The highest BCUT2D eigenvalue weighted by atomic mass is 35.5. The van der Waals surface area contributed by atoms with Crippen molar-refractivity contribution in [3.63, 3.8) is 0 Å². The second-order valence-corrected chi connectivity index (χ2v) is 2.84. The lowest BCUT2D eigenvalue weighted by molar-refractivity contribution is 0.632. The first kappa shape index (κ1) is 9.06. The van der Waals surface area contributed by atoms with Crippen molar-refractivity contribution in [2.75, 3.05) is 0 Å². The Morgan fingerprint density at radius 1 is 1.58 bits per heavy atom. The predicted octanol–water partition coefficient (Wildman–Crippen LogP) is 0.600. The van der Waals surface area contributed by atoms with Gasteiger partial charge in [-0.1, -0.05) is 18.5 Å². The van der Waals surface area contributed by atoms with Crippen LogP contribution < -0.4 is 11.2 Å². The fraction of sp³-hybridized carbons (Fsp3) is 0.429. The van der Waals surface area contributed by atoms with Crippen LogP contribution in [0.2, 0.25) is 5.02 Å². The van der Waals surface area contributed by atoms with Gasteiger partial charge < -0.3 is 0 Å². The van der Waals surface area contributed by atoms with Crippen molar-refractivity contribution in [1.29, 1.82) is 0 Å². The van der Waals surface area contributed by atoms with Crippen molar-refractivity contribution >= 4 is 11.6 Å². The Morgan fingerprint density at radius 2 is 2.25 bits per heavy atom. The van der Waals surface area contributed by atoms with Gasteiger partial charge in [-0.3, -0.25) is 14.3 Å². The van der Waals surface area contributed by atoms with Gasteiger partial charge in [-0.25, -0.2) is 4.79 Å². The van der Waals surface area contributed by atoms with Gasteiger partial charge in [-0.2, -0.15) is 0 Å². The van der Waals surface area contributed by atoms with Gasteiger partial charge >= 0.3 is 5.69 Å². The molecule has 0 saturated carbocycles. The standard InChI is InChI=1S/C7H9ClN2O2/c1-2-3-10-4-5(8)6(11)9-7(10)12/h4H,2-3H2,1H3,(H,9,11,12). The Kier molecular flexibility index (Phi) is 2.70. The fourth-order valence-electron chi connectivity index (χ4n) is 0.890. The van der Waals surface area contributed by atoms with E-state index in [9.17, 15) is 9.59 Å². The number of halogens is 1. The van der Waals surface area contributed by atoms with Crippen molar-refractivity contribution in [1.82, 2.24) is 9.55 Å². The molecule has 1 N–H and O–H groups in total. The number of hydrogen-bond acceptors (Lipinski definition) is 2. The maximum absolute atomic E-state index is 11.0. The maximum Gasteiger partial charge on any atom is 0.328 e. The molecule has 0 spiro atoms. The second kappa shape index (κ2) is 3.58. The van der Waals surface area contributed by atoms with Crippen molar-refractivity contribution in [3.05, 3.63) is 32.1 Å². The van der Waals surface area contributed by atoms with E-state index in [0.29, 0.717) is 6.54 Å². The molecule has 66 valence electrons. The lowest BCUT2D eigenvalue weighted by Crippen LogP contribution is -2.29. The van der Waals surface area contributed by atoms with Crippen LogP contribution in [0.25, 0.3) is 0 Å². The van der Waals surface area contributed by atoms with Crippen LogP contribution in [0.5, 0.6) is 0 Å². The monoisotopic (exact) mass is 188 g/mol. The van der Waals surface area contributed by atoms with Gasteiger partial charge in [0.15, 0.2) is 0 Å². The first-order valence-electron chi connectivity index (χ1n) is 3.64. The number of nitrogens with zero attached hydrogens (tertiary/aromatic N) is 1. The summed E-state index contributed by atoms with van der Waals surface area (Å²) in [6.45, 7) is 2.50. The number of nitrogens with one attached hydrogen (secondary N) is 1. The minimum atomic E-state index is -0.533. The largest absolute Gasteiger partial charge is 0.328 e. The van der Waals surface area contributed by atoms with Gasteiger partial charge in [0.05, 0.1) is 0 Å². The SMILES string of the molecule is CCCn1cc(Cl)c(=O)[nH]c1=O. The van der Waals surface area contributed by atoms with E-state index in [2.05, 4.69) is 4.98 Å². The average molecular weight is 189 g/mol. The number of rotatable bonds is 2. The van der Waals surface area contributed by atoms with E-state index < -0.39 is 11.2 Å². The zero-order chi connectivity index (χ0) is 9.14. The number of aromatic nitrogens is 2. The van der Waals surface area contributed by atoms with Crippen LogP contribution in [0.3, 0.4) is 0 Å². The molecule has 0 saturated heterocycles. The Labute approximate surface area is 73.8 Å².